The topological polar surface area (TPSA) is 41.5 Å². The summed E-state index contributed by atoms with van der Waals surface area (Å²) in [6.45, 7) is 0. The lowest BCUT2D eigenvalue weighted by molar-refractivity contribution is 0.0955. The zero-order valence-electron chi connectivity index (χ0n) is 13.1. The van der Waals surface area contributed by atoms with Crippen LogP contribution in [0.2, 0.25) is 10.0 Å². The van der Waals surface area contributed by atoms with Gasteiger partial charge in [0.1, 0.15) is 0 Å². The van der Waals surface area contributed by atoms with E-state index >= 15 is 0 Å². The fraction of sp³-hybridized carbons (Fsp3) is 0. The molecule has 25 heavy (non-hydrogen) atoms. The minimum absolute atomic E-state index is 0.291. The number of rotatable bonds is 4. The highest BCUT2D eigenvalue weighted by atomic mass is 35.5. The average Bonchev–Trinajstić information content (AvgIpc) is 2.64. The van der Waals surface area contributed by atoms with Gasteiger partial charge in [0.05, 0.1) is 11.2 Å². The van der Waals surface area contributed by atoms with Crippen molar-refractivity contribution in [3.63, 3.8) is 0 Å². The maximum Gasteiger partial charge on any atom is 0.271 e. The zero-order valence-corrected chi connectivity index (χ0v) is 14.6. The molecular weight excluding hydrogens is 355 g/mol. The van der Waals surface area contributed by atoms with Crippen molar-refractivity contribution in [2.75, 3.05) is 0 Å². The van der Waals surface area contributed by atoms with Crippen LogP contribution in [0.25, 0.3) is 11.1 Å². The van der Waals surface area contributed by atoms with Gasteiger partial charge in [-0.3, -0.25) is 4.79 Å². The number of amides is 1. The van der Waals surface area contributed by atoms with Crippen molar-refractivity contribution in [3.05, 3.63) is 94.0 Å². The van der Waals surface area contributed by atoms with Crippen LogP contribution in [0.4, 0.5) is 0 Å². The lowest BCUT2D eigenvalue weighted by Gasteiger charge is -2.04. The Morgan fingerprint density at radius 1 is 0.880 bits per heavy atom. The van der Waals surface area contributed by atoms with Crippen LogP contribution in [-0.4, -0.2) is 12.1 Å². The maximum absolute atomic E-state index is 12.1. The predicted octanol–water partition coefficient (Wildman–Crippen LogP) is 5.42. The summed E-state index contributed by atoms with van der Waals surface area (Å²) in [6, 6.07) is 22.4. The molecule has 0 unspecified atom stereocenters. The van der Waals surface area contributed by atoms with Crippen LogP contribution in [0.15, 0.2) is 77.9 Å². The van der Waals surface area contributed by atoms with Gasteiger partial charge in [0.15, 0.2) is 0 Å². The first kappa shape index (κ1) is 17.2. The summed E-state index contributed by atoms with van der Waals surface area (Å²) in [4.78, 5) is 12.1. The normalized spacial score (nSPS) is 10.8. The number of benzene rings is 3. The molecule has 0 saturated heterocycles. The number of carbonyl (C=O) groups is 1. The molecule has 124 valence electrons. The Balaban J connectivity index is 1.66. The lowest BCUT2D eigenvalue weighted by Crippen LogP contribution is -2.17. The maximum atomic E-state index is 12.1. The summed E-state index contributed by atoms with van der Waals surface area (Å²) in [5.74, 6) is -0.291. The molecule has 3 aromatic carbocycles. The SMILES string of the molecule is O=C(N/N=C/c1ccc(Cl)cc1Cl)c1ccc(-c2ccccc2)cc1. The Morgan fingerprint density at radius 3 is 2.24 bits per heavy atom. The number of halogens is 2. The van der Waals surface area contributed by atoms with E-state index in [9.17, 15) is 4.79 Å². The van der Waals surface area contributed by atoms with E-state index in [-0.39, 0.29) is 5.91 Å². The van der Waals surface area contributed by atoms with Gasteiger partial charge in [-0.1, -0.05) is 71.7 Å². The highest BCUT2D eigenvalue weighted by molar-refractivity contribution is 6.36. The molecule has 3 rings (SSSR count). The van der Waals surface area contributed by atoms with Crippen molar-refractivity contribution >= 4 is 35.3 Å². The minimum atomic E-state index is -0.291. The summed E-state index contributed by atoms with van der Waals surface area (Å²) < 4.78 is 0. The highest BCUT2D eigenvalue weighted by Crippen LogP contribution is 2.20. The van der Waals surface area contributed by atoms with Crippen LogP contribution >= 0.6 is 23.2 Å². The monoisotopic (exact) mass is 368 g/mol. The Kier molecular flexibility index (Phi) is 5.49. The van der Waals surface area contributed by atoms with Gasteiger partial charge in [-0.05, 0) is 35.4 Å². The predicted molar refractivity (Wildman–Crippen MR) is 103 cm³/mol. The van der Waals surface area contributed by atoms with E-state index in [1.54, 1.807) is 30.3 Å². The standard InChI is InChI=1S/C20H14Cl2N2O/c21-18-11-10-17(19(22)12-18)13-23-24-20(25)16-8-6-15(7-9-16)14-4-2-1-3-5-14/h1-13H,(H,24,25)/b23-13+. The molecule has 0 radical (unpaired) electrons. The van der Waals surface area contributed by atoms with Crippen LogP contribution in [0.5, 0.6) is 0 Å². The van der Waals surface area contributed by atoms with Crippen molar-refractivity contribution < 1.29 is 4.79 Å². The molecule has 1 amide bonds. The molecular formula is C20H14Cl2N2O. The molecule has 0 fully saturated rings. The summed E-state index contributed by atoms with van der Waals surface area (Å²) in [7, 11) is 0. The van der Waals surface area contributed by atoms with Crippen LogP contribution in [-0.2, 0) is 0 Å². The van der Waals surface area contributed by atoms with Gasteiger partial charge in [-0.15, -0.1) is 0 Å². The Bertz CT molecular complexity index is 907. The minimum Gasteiger partial charge on any atom is -0.267 e. The van der Waals surface area contributed by atoms with Crippen molar-refractivity contribution in [1.82, 2.24) is 5.43 Å². The molecule has 0 aliphatic rings. The Morgan fingerprint density at radius 2 is 1.56 bits per heavy atom. The number of nitrogens with one attached hydrogen (secondary N) is 1. The Hall–Kier alpha value is -2.62. The third-order valence-corrected chi connectivity index (χ3v) is 4.15. The number of hydrazone groups is 1. The van der Waals surface area contributed by atoms with Gasteiger partial charge in [0.2, 0.25) is 0 Å². The molecule has 0 saturated carbocycles. The first-order valence-electron chi connectivity index (χ1n) is 7.57. The van der Waals surface area contributed by atoms with Gasteiger partial charge < -0.3 is 0 Å². The summed E-state index contributed by atoms with van der Waals surface area (Å²) in [5, 5.41) is 4.95. The number of hydrogen-bond acceptors (Lipinski definition) is 2. The summed E-state index contributed by atoms with van der Waals surface area (Å²) >= 11 is 11.9. The molecule has 0 bridgehead atoms. The van der Waals surface area contributed by atoms with Gasteiger partial charge >= 0.3 is 0 Å². The van der Waals surface area contributed by atoms with Gasteiger partial charge in [0, 0.05) is 16.1 Å². The molecule has 5 heteroatoms. The molecule has 0 spiro atoms. The molecule has 0 aliphatic carbocycles. The largest absolute Gasteiger partial charge is 0.271 e. The zero-order chi connectivity index (χ0) is 17.6. The molecule has 0 aromatic heterocycles. The van der Waals surface area contributed by atoms with E-state index in [0.717, 1.165) is 11.1 Å². The highest BCUT2D eigenvalue weighted by Gasteiger charge is 2.05. The third kappa shape index (κ3) is 4.47. The molecule has 3 nitrogen and oxygen atoms in total. The number of carbonyl (C=O) groups excluding carboxylic acids is 1. The fourth-order valence-electron chi connectivity index (χ4n) is 2.28. The van der Waals surface area contributed by atoms with Crippen LogP contribution < -0.4 is 5.43 Å². The van der Waals surface area contributed by atoms with Crippen LogP contribution in [0.3, 0.4) is 0 Å². The van der Waals surface area contributed by atoms with E-state index in [2.05, 4.69) is 10.5 Å². The van der Waals surface area contributed by atoms with Crippen LogP contribution in [0.1, 0.15) is 15.9 Å². The summed E-state index contributed by atoms with van der Waals surface area (Å²) in [6.07, 6.45) is 1.48. The fourth-order valence-corrected chi connectivity index (χ4v) is 2.73. The van der Waals surface area contributed by atoms with Gasteiger partial charge in [-0.25, -0.2) is 5.43 Å². The van der Waals surface area contributed by atoms with Crippen molar-refractivity contribution in [1.29, 1.82) is 0 Å². The first-order valence-corrected chi connectivity index (χ1v) is 8.33. The van der Waals surface area contributed by atoms with Crippen molar-refractivity contribution in [3.8, 4) is 11.1 Å². The number of nitrogens with zero attached hydrogens (tertiary/aromatic N) is 1. The van der Waals surface area contributed by atoms with Crippen molar-refractivity contribution in [2.45, 2.75) is 0 Å². The molecule has 0 heterocycles. The molecule has 0 aliphatic heterocycles. The molecule has 1 N–H and O–H groups in total. The van der Waals surface area contributed by atoms with E-state index in [1.807, 2.05) is 42.5 Å². The second kappa shape index (κ2) is 7.97. The third-order valence-electron chi connectivity index (χ3n) is 3.59. The van der Waals surface area contributed by atoms with Gasteiger partial charge in [0.25, 0.3) is 5.91 Å². The summed E-state index contributed by atoms with van der Waals surface area (Å²) in [5.41, 5.74) is 5.84. The molecule has 0 atom stereocenters. The van der Waals surface area contributed by atoms with Crippen molar-refractivity contribution in [2.24, 2.45) is 5.10 Å². The lowest BCUT2D eigenvalue weighted by atomic mass is 10.0. The second-order valence-electron chi connectivity index (χ2n) is 5.31. The average molecular weight is 369 g/mol. The Labute approximate surface area is 155 Å². The van der Waals surface area contributed by atoms with Gasteiger partial charge in [-0.2, -0.15) is 5.10 Å². The van der Waals surface area contributed by atoms with E-state index < -0.39 is 0 Å². The number of hydrogen-bond donors (Lipinski definition) is 1. The quantitative estimate of drug-likeness (QED) is 0.484. The second-order valence-corrected chi connectivity index (χ2v) is 6.15. The van der Waals surface area contributed by atoms with E-state index in [4.69, 9.17) is 23.2 Å². The van der Waals surface area contributed by atoms with Crippen LogP contribution in [0, 0.1) is 0 Å². The first-order chi connectivity index (χ1) is 12.1. The van der Waals surface area contributed by atoms with E-state index in [1.165, 1.54) is 6.21 Å². The molecule has 3 aromatic rings. The smallest absolute Gasteiger partial charge is 0.267 e. The van der Waals surface area contributed by atoms with E-state index in [0.29, 0.717) is 21.2 Å².